The van der Waals surface area contributed by atoms with Crippen LogP contribution in [0.15, 0.2) is 27.1 Å². The first kappa shape index (κ1) is 13.3. The third-order valence-electron chi connectivity index (χ3n) is 3.58. The van der Waals surface area contributed by atoms with E-state index in [9.17, 15) is 4.79 Å². The third-order valence-corrected chi connectivity index (χ3v) is 4.73. The van der Waals surface area contributed by atoms with Gasteiger partial charge in [0.05, 0.1) is 0 Å². The van der Waals surface area contributed by atoms with Gasteiger partial charge in [-0.3, -0.25) is 4.79 Å². The number of carbonyl (C=O) groups excluding carboxylic acids is 1. The molecule has 1 aromatic rings. The van der Waals surface area contributed by atoms with Gasteiger partial charge in [-0.25, -0.2) is 0 Å². The molecule has 0 bridgehead atoms. The van der Waals surface area contributed by atoms with Crippen LogP contribution < -0.4 is 0 Å². The predicted molar refractivity (Wildman–Crippen MR) is 77.3 cm³/mol. The van der Waals surface area contributed by atoms with Crippen molar-refractivity contribution in [3.05, 3.63) is 32.7 Å². The lowest BCUT2D eigenvalue weighted by Crippen LogP contribution is -2.21. The van der Waals surface area contributed by atoms with Crippen molar-refractivity contribution >= 4 is 37.6 Å². The Morgan fingerprint density at radius 3 is 2.41 bits per heavy atom. The van der Waals surface area contributed by atoms with Crippen molar-refractivity contribution in [2.24, 2.45) is 11.8 Å². The van der Waals surface area contributed by atoms with Crippen LogP contribution in [0.1, 0.15) is 43.0 Å². The van der Waals surface area contributed by atoms with Gasteiger partial charge in [-0.2, -0.15) is 0 Å². The molecule has 0 atom stereocenters. The van der Waals surface area contributed by atoms with Crippen LogP contribution in [-0.4, -0.2) is 5.78 Å². The summed E-state index contributed by atoms with van der Waals surface area (Å²) in [7, 11) is 0. The maximum Gasteiger partial charge on any atom is 0.167 e. The smallest absolute Gasteiger partial charge is 0.167 e. The van der Waals surface area contributed by atoms with E-state index in [1.54, 1.807) is 0 Å². The normalized spacial score (nSPS) is 24.6. The van der Waals surface area contributed by atoms with E-state index in [1.165, 1.54) is 12.8 Å². The van der Waals surface area contributed by atoms with Crippen molar-refractivity contribution in [1.82, 2.24) is 0 Å². The van der Waals surface area contributed by atoms with Crippen molar-refractivity contribution in [3.63, 3.8) is 0 Å². The number of Topliss-reactive ketones (excluding diaryl/α,β-unsaturated/α-hetero) is 1. The van der Waals surface area contributed by atoms with E-state index in [0.717, 1.165) is 33.3 Å². The van der Waals surface area contributed by atoms with E-state index >= 15 is 0 Å². The van der Waals surface area contributed by atoms with Crippen molar-refractivity contribution in [1.29, 1.82) is 0 Å². The lowest BCUT2D eigenvalue weighted by atomic mass is 9.79. The highest BCUT2D eigenvalue weighted by Crippen LogP contribution is 2.32. The number of benzene rings is 1. The zero-order valence-corrected chi connectivity index (χ0v) is 13.1. The molecule has 17 heavy (non-hydrogen) atoms. The Bertz CT molecular complexity index is 420. The fraction of sp³-hybridized carbons (Fsp3) is 0.500. The molecule has 0 aromatic heterocycles. The van der Waals surface area contributed by atoms with Crippen molar-refractivity contribution in [2.75, 3.05) is 0 Å². The van der Waals surface area contributed by atoms with Gasteiger partial charge < -0.3 is 0 Å². The molecule has 0 spiro atoms. The second-order valence-electron chi connectivity index (χ2n) is 4.95. The Hall–Kier alpha value is -0.150. The molecule has 0 radical (unpaired) electrons. The lowest BCUT2D eigenvalue weighted by Gasteiger charge is -2.25. The summed E-state index contributed by atoms with van der Waals surface area (Å²) in [4.78, 5) is 12.4. The number of rotatable bonds is 2. The van der Waals surface area contributed by atoms with E-state index in [4.69, 9.17) is 0 Å². The fourth-order valence-corrected chi connectivity index (χ4v) is 3.67. The van der Waals surface area contributed by atoms with Gasteiger partial charge in [0.2, 0.25) is 0 Å². The van der Waals surface area contributed by atoms with Crippen LogP contribution in [0.2, 0.25) is 0 Å². The quantitative estimate of drug-likeness (QED) is 0.661. The molecule has 0 unspecified atom stereocenters. The molecule has 0 amide bonds. The van der Waals surface area contributed by atoms with E-state index in [0.29, 0.717) is 5.78 Å². The Kier molecular flexibility index (Phi) is 4.42. The lowest BCUT2D eigenvalue weighted by molar-refractivity contribution is 0.0875. The summed E-state index contributed by atoms with van der Waals surface area (Å²) in [5.74, 6) is 1.31. The Morgan fingerprint density at radius 2 is 1.82 bits per heavy atom. The summed E-state index contributed by atoms with van der Waals surface area (Å²) in [6.45, 7) is 2.27. The number of hydrogen-bond donors (Lipinski definition) is 0. The Morgan fingerprint density at radius 1 is 1.18 bits per heavy atom. The molecule has 1 nitrogen and oxygen atoms in total. The first-order chi connectivity index (χ1) is 8.08. The summed E-state index contributed by atoms with van der Waals surface area (Å²) in [5.41, 5.74) is 0.827. The molecule has 1 aromatic carbocycles. The SMILES string of the molecule is CC1CCC(C(=O)c2ccc(Br)cc2Br)CC1. The molecular weight excluding hydrogens is 344 g/mol. The summed E-state index contributed by atoms with van der Waals surface area (Å²) in [5, 5.41) is 0. The van der Waals surface area contributed by atoms with Gasteiger partial charge in [0.15, 0.2) is 5.78 Å². The van der Waals surface area contributed by atoms with Crippen LogP contribution in [0.3, 0.4) is 0 Å². The monoisotopic (exact) mass is 358 g/mol. The van der Waals surface area contributed by atoms with Gasteiger partial charge >= 0.3 is 0 Å². The second kappa shape index (κ2) is 5.66. The summed E-state index contributed by atoms with van der Waals surface area (Å²) in [6, 6.07) is 5.79. The zero-order chi connectivity index (χ0) is 12.4. The molecule has 0 N–H and O–H groups in total. The number of hydrogen-bond acceptors (Lipinski definition) is 1. The molecule has 3 heteroatoms. The van der Waals surface area contributed by atoms with E-state index in [1.807, 2.05) is 18.2 Å². The van der Waals surface area contributed by atoms with Gasteiger partial charge in [-0.1, -0.05) is 51.6 Å². The molecule has 92 valence electrons. The third kappa shape index (κ3) is 3.19. The average molecular weight is 360 g/mol. The first-order valence-electron chi connectivity index (χ1n) is 6.07. The van der Waals surface area contributed by atoms with Crippen molar-refractivity contribution < 1.29 is 4.79 Å². The van der Waals surface area contributed by atoms with Gasteiger partial charge in [0.1, 0.15) is 0 Å². The van der Waals surface area contributed by atoms with Gasteiger partial charge in [0, 0.05) is 20.4 Å². The molecular formula is C14H16Br2O. The molecule has 0 saturated heterocycles. The number of carbonyl (C=O) groups is 1. The predicted octanol–water partition coefficient (Wildman–Crippen LogP) is 5.22. The van der Waals surface area contributed by atoms with Crippen LogP contribution >= 0.6 is 31.9 Å². The Labute approximate surface area is 119 Å². The maximum atomic E-state index is 12.4. The highest BCUT2D eigenvalue weighted by Gasteiger charge is 2.26. The summed E-state index contributed by atoms with van der Waals surface area (Å²) in [6.07, 6.45) is 4.46. The molecule has 1 aliphatic carbocycles. The molecule has 1 saturated carbocycles. The van der Waals surface area contributed by atoms with Crippen LogP contribution in [0.5, 0.6) is 0 Å². The molecule has 2 rings (SSSR count). The van der Waals surface area contributed by atoms with E-state index < -0.39 is 0 Å². The van der Waals surface area contributed by atoms with E-state index in [2.05, 4.69) is 38.8 Å². The molecule has 1 fully saturated rings. The van der Waals surface area contributed by atoms with Crippen LogP contribution in [0.4, 0.5) is 0 Å². The average Bonchev–Trinajstić information content (AvgIpc) is 2.29. The van der Waals surface area contributed by atoms with Crippen molar-refractivity contribution in [2.45, 2.75) is 32.6 Å². The summed E-state index contributed by atoms with van der Waals surface area (Å²) < 4.78 is 1.90. The number of ketones is 1. The van der Waals surface area contributed by atoms with E-state index in [-0.39, 0.29) is 5.92 Å². The number of halogens is 2. The minimum Gasteiger partial charge on any atom is -0.294 e. The molecule has 0 aliphatic heterocycles. The van der Waals surface area contributed by atoms with Crippen molar-refractivity contribution in [3.8, 4) is 0 Å². The van der Waals surface area contributed by atoms with Gasteiger partial charge in [-0.15, -0.1) is 0 Å². The highest BCUT2D eigenvalue weighted by atomic mass is 79.9. The van der Waals surface area contributed by atoms with Crippen LogP contribution in [-0.2, 0) is 0 Å². The summed E-state index contributed by atoms with van der Waals surface area (Å²) >= 11 is 6.88. The largest absolute Gasteiger partial charge is 0.294 e. The maximum absolute atomic E-state index is 12.4. The second-order valence-corrected chi connectivity index (χ2v) is 6.72. The molecule has 1 aliphatic rings. The highest BCUT2D eigenvalue weighted by molar-refractivity contribution is 9.11. The zero-order valence-electron chi connectivity index (χ0n) is 9.88. The Balaban J connectivity index is 2.14. The fourth-order valence-electron chi connectivity index (χ4n) is 2.43. The van der Waals surface area contributed by atoms with Crippen LogP contribution in [0.25, 0.3) is 0 Å². The minimum atomic E-state index is 0.226. The van der Waals surface area contributed by atoms with Gasteiger partial charge in [-0.05, 0) is 37.0 Å². The standard InChI is InChI=1S/C14H16Br2O/c1-9-2-4-10(5-3-9)14(17)12-7-6-11(15)8-13(12)16/h6-10H,2-5H2,1H3. The first-order valence-corrected chi connectivity index (χ1v) is 7.66. The minimum absolute atomic E-state index is 0.226. The topological polar surface area (TPSA) is 17.1 Å². The van der Waals surface area contributed by atoms with Crippen LogP contribution in [0, 0.1) is 11.8 Å². The van der Waals surface area contributed by atoms with Gasteiger partial charge in [0.25, 0.3) is 0 Å². The molecule has 0 heterocycles.